The first-order valence-electron chi connectivity index (χ1n) is 6.73. The summed E-state index contributed by atoms with van der Waals surface area (Å²) < 4.78 is 36.0. The Bertz CT molecular complexity index is 432. The fourth-order valence-electron chi connectivity index (χ4n) is 1.80. The maximum Gasteiger partial charge on any atom is 0.389 e. The summed E-state index contributed by atoms with van der Waals surface area (Å²) in [5, 5.41) is 6.22. The van der Waals surface area contributed by atoms with Gasteiger partial charge in [-0.2, -0.15) is 13.2 Å². The third kappa shape index (κ3) is 5.63. The van der Waals surface area contributed by atoms with Gasteiger partial charge >= 0.3 is 6.18 Å². The van der Waals surface area contributed by atoms with E-state index < -0.39 is 12.6 Å². The normalized spacial score (nSPS) is 11.5. The quantitative estimate of drug-likeness (QED) is 0.752. The fraction of sp³-hybridized carbons (Fsp3) is 0.692. The zero-order chi connectivity index (χ0) is 15.2. The molecule has 1 aromatic heterocycles. The predicted octanol–water partition coefficient (Wildman–Crippen LogP) is 3.67. The Kier molecular flexibility index (Phi) is 6.04. The minimum Gasteiger partial charge on any atom is -0.370 e. The van der Waals surface area contributed by atoms with Gasteiger partial charge in [-0.25, -0.2) is 9.97 Å². The molecule has 0 aliphatic heterocycles. The largest absolute Gasteiger partial charge is 0.389 e. The molecule has 0 radical (unpaired) electrons. The summed E-state index contributed by atoms with van der Waals surface area (Å²) in [4.78, 5) is 8.57. The Morgan fingerprint density at radius 2 is 1.60 bits per heavy atom. The summed E-state index contributed by atoms with van der Waals surface area (Å²) in [5.74, 6) is 2.07. The summed E-state index contributed by atoms with van der Waals surface area (Å²) >= 11 is 0. The van der Waals surface area contributed by atoms with Crippen LogP contribution < -0.4 is 10.6 Å². The second kappa shape index (κ2) is 7.31. The molecule has 0 unspecified atom stereocenters. The Hall–Kier alpha value is -1.53. The van der Waals surface area contributed by atoms with Crippen molar-refractivity contribution in [3.8, 4) is 0 Å². The van der Waals surface area contributed by atoms with Crippen LogP contribution in [0.3, 0.4) is 0 Å². The van der Waals surface area contributed by atoms with Crippen LogP contribution in [0.15, 0.2) is 0 Å². The van der Waals surface area contributed by atoms with E-state index >= 15 is 0 Å². The highest BCUT2D eigenvalue weighted by Gasteiger charge is 2.25. The van der Waals surface area contributed by atoms with E-state index in [1.165, 1.54) is 0 Å². The molecule has 0 saturated heterocycles. The first-order valence-corrected chi connectivity index (χ1v) is 6.73. The van der Waals surface area contributed by atoms with Gasteiger partial charge in [-0.1, -0.05) is 0 Å². The average molecular weight is 290 g/mol. The molecule has 20 heavy (non-hydrogen) atoms. The maximum absolute atomic E-state index is 12.0. The molecule has 2 N–H and O–H groups in total. The maximum atomic E-state index is 12.0. The molecular formula is C13H21F3N4. The van der Waals surface area contributed by atoms with Crippen molar-refractivity contribution in [2.24, 2.45) is 0 Å². The van der Waals surface area contributed by atoms with E-state index in [2.05, 4.69) is 20.6 Å². The molecular weight excluding hydrogens is 269 g/mol. The molecule has 0 fully saturated rings. The molecule has 1 aromatic rings. The predicted molar refractivity (Wildman–Crippen MR) is 74.1 cm³/mol. The van der Waals surface area contributed by atoms with Crippen LogP contribution in [0.1, 0.15) is 37.6 Å². The van der Waals surface area contributed by atoms with Crippen LogP contribution in [0.4, 0.5) is 24.8 Å². The Labute approximate surface area is 117 Å². The number of hydrogen-bond acceptors (Lipinski definition) is 4. The molecule has 0 atom stereocenters. The van der Waals surface area contributed by atoms with E-state index in [9.17, 15) is 13.2 Å². The monoisotopic (exact) mass is 290 g/mol. The molecule has 7 heteroatoms. The van der Waals surface area contributed by atoms with E-state index in [1.54, 1.807) is 6.92 Å². The molecule has 114 valence electrons. The number of aromatic nitrogens is 2. The lowest BCUT2D eigenvalue weighted by Crippen LogP contribution is -2.12. The van der Waals surface area contributed by atoms with E-state index in [4.69, 9.17) is 0 Å². The molecule has 0 bridgehead atoms. The van der Waals surface area contributed by atoms with Crippen molar-refractivity contribution in [1.29, 1.82) is 0 Å². The Morgan fingerprint density at radius 1 is 1.00 bits per heavy atom. The summed E-state index contributed by atoms with van der Waals surface area (Å²) in [6, 6.07) is 0. The van der Waals surface area contributed by atoms with Crippen molar-refractivity contribution in [1.82, 2.24) is 9.97 Å². The second-order valence-corrected chi connectivity index (χ2v) is 4.62. The number of halogens is 3. The van der Waals surface area contributed by atoms with E-state index in [0.29, 0.717) is 24.6 Å². The summed E-state index contributed by atoms with van der Waals surface area (Å²) in [5.41, 5.74) is 0.883. The van der Waals surface area contributed by atoms with E-state index in [-0.39, 0.29) is 6.42 Å². The first-order chi connectivity index (χ1) is 9.33. The van der Waals surface area contributed by atoms with E-state index in [0.717, 1.165) is 17.9 Å². The van der Waals surface area contributed by atoms with Crippen molar-refractivity contribution in [2.45, 2.75) is 46.2 Å². The number of alkyl halides is 3. The van der Waals surface area contributed by atoms with Gasteiger partial charge in [-0.15, -0.1) is 0 Å². The molecule has 0 aromatic carbocycles. The van der Waals surface area contributed by atoms with Crippen molar-refractivity contribution < 1.29 is 13.2 Å². The topological polar surface area (TPSA) is 49.8 Å². The highest BCUT2D eigenvalue weighted by Crippen LogP contribution is 2.23. The molecule has 1 heterocycles. The van der Waals surface area contributed by atoms with Gasteiger partial charge < -0.3 is 10.6 Å². The van der Waals surface area contributed by atoms with Crippen LogP contribution in [-0.2, 0) is 0 Å². The molecule has 0 aliphatic carbocycles. The van der Waals surface area contributed by atoms with Gasteiger partial charge in [0.1, 0.15) is 17.5 Å². The van der Waals surface area contributed by atoms with Crippen LogP contribution in [0.5, 0.6) is 0 Å². The van der Waals surface area contributed by atoms with Gasteiger partial charge in [0.25, 0.3) is 0 Å². The zero-order valence-corrected chi connectivity index (χ0v) is 12.1. The lowest BCUT2D eigenvalue weighted by atomic mass is 10.2. The van der Waals surface area contributed by atoms with Gasteiger partial charge in [0.2, 0.25) is 0 Å². The van der Waals surface area contributed by atoms with Gasteiger partial charge in [-0.3, -0.25) is 0 Å². The number of unbranched alkanes of at least 4 members (excludes halogenated alkanes) is 1. The smallest absolute Gasteiger partial charge is 0.370 e. The number of nitrogens with zero attached hydrogens (tertiary/aromatic N) is 2. The van der Waals surface area contributed by atoms with Crippen LogP contribution in [0.2, 0.25) is 0 Å². The van der Waals surface area contributed by atoms with Crippen molar-refractivity contribution in [2.75, 3.05) is 23.7 Å². The molecule has 0 spiro atoms. The van der Waals surface area contributed by atoms with Gasteiger partial charge in [0.05, 0.1) is 0 Å². The summed E-state index contributed by atoms with van der Waals surface area (Å²) in [6.07, 6.45) is -4.23. The molecule has 0 amide bonds. The first kappa shape index (κ1) is 16.5. The van der Waals surface area contributed by atoms with Crippen molar-refractivity contribution in [3.63, 3.8) is 0 Å². The summed E-state index contributed by atoms with van der Waals surface area (Å²) in [6.45, 7) is 6.87. The van der Waals surface area contributed by atoms with Gasteiger partial charge in [0.15, 0.2) is 0 Å². The molecule has 0 saturated carbocycles. The Morgan fingerprint density at radius 3 is 2.15 bits per heavy atom. The standard InChI is InChI=1S/C13H21F3N4/c1-4-17-11-9(2)12(20-10(3)19-11)18-8-6-5-7-13(14,15)16/h4-8H2,1-3H3,(H2,17,18,19,20). The van der Waals surface area contributed by atoms with Gasteiger partial charge in [-0.05, 0) is 33.6 Å². The highest BCUT2D eigenvalue weighted by atomic mass is 19.4. The SMILES string of the molecule is CCNc1nc(C)nc(NCCCCC(F)(F)F)c1C. The zero-order valence-electron chi connectivity index (χ0n) is 12.1. The van der Waals surface area contributed by atoms with Crippen LogP contribution in [0, 0.1) is 13.8 Å². The number of rotatable bonds is 7. The second-order valence-electron chi connectivity index (χ2n) is 4.62. The molecule has 1 rings (SSSR count). The number of hydrogen-bond donors (Lipinski definition) is 2. The lowest BCUT2D eigenvalue weighted by molar-refractivity contribution is -0.135. The third-order valence-corrected chi connectivity index (χ3v) is 2.78. The van der Waals surface area contributed by atoms with Gasteiger partial charge in [0, 0.05) is 25.1 Å². The minimum absolute atomic E-state index is 0.125. The summed E-state index contributed by atoms with van der Waals surface area (Å²) in [7, 11) is 0. The van der Waals surface area contributed by atoms with Crippen LogP contribution in [-0.4, -0.2) is 29.2 Å². The average Bonchev–Trinajstić information content (AvgIpc) is 2.33. The highest BCUT2D eigenvalue weighted by molar-refractivity contribution is 5.57. The van der Waals surface area contributed by atoms with Crippen molar-refractivity contribution >= 4 is 11.6 Å². The van der Waals surface area contributed by atoms with Crippen molar-refractivity contribution in [3.05, 3.63) is 11.4 Å². The molecule has 0 aliphatic rings. The number of aryl methyl sites for hydroxylation is 1. The lowest BCUT2D eigenvalue weighted by Gasteiger charge is -2.13. The Balaban J connectivity index is 2.51. The fourth-order valence-corrected chi connectivity index (χ4v) is 1.80. The minimum atomic E-state index is -4.07. The number of nitrogens with one attached hydrogen (secondary N) is 2. The third-order valence-electron chi connectivity index (χ3n) is 2.78. The van der Waals surface area contributed by atoms with Crippen LogP contribution in [0.25, 0.3) is 0 Å². The van der Waals surface area contributed by atoms with Crippen LogP contribution >= 0.6 is 0 Å². The molecule has 4 nitrogen and oxygen atoms in total. The van der Waals surface area contributed by atoms with E-state index in [1.807, 2.05) is 13.8 Å². The number of anilines is 2.